The summed E-state index contributed by atoms with van der Waals surface area (Å²) in [5, 5.41) is 15.0. The van der Waals surface area contributed by atoms with Gasteiger partial charge in [-0.15, -0.1) is 0 Å². The highest BCUT2D eigenvalue weighted by molar-refractivity contribution is 7.24. The van der Waals surface area contributed by atoms with E-state index in [4.69, 9.17) is 14.5 Å². The molecule has 3 heterocycles. The van der Waals surface area contributed by atoms with Crippen molar-refractivity contribution in [1.29, 1.82) is 0 Å². The molecule has 7 nitrogen and oxygen atoms in total. The van der Waals surface area contributed by atoms with E-state index in [1.54, 1.807) is 43.1 Å². The monoisotopic (exact) mass is 599 g/mol. The van der Waals surface area contributed by atoms with Crippen LogP contribution in [0.15, 0.2) is 97.1 Å². The van der Waals surface area contributed by atoms with Gasteiger partial charge in [0.1, 0.15) is 16.9 Å². The quantitative estimate of drug-likeness (QED) is 0.144. The number of carbonyl (C=O) groups is 1. The smallest absolute Gasteiger partial charge is 0.339 e. The summed E-state index contributed by atoms with van der Waals surface area (Å²) in [4.78, 5) is 20.2. The maximum Gasteiger partial charge on any atom is 0.339 e. The molecule has 0 N–H and O–H groups in total. The van der Waals surface area contributed by atoms with Crippen LogP contribution in [-0.2, 0) is 0 Å². The summed E-state index contributed by atoms with van der Waals surface area (Å²) in [7, 11) is 3.21. The Hall–Kier alpha value is -5.21. The Morgan fingerprint density at radius 1 is 0.864 bits per heavy atom. The number of ketones is 1. The molecule has 0 bridgehead atoms. The number of thiazole rings is 1. The molecule has 0 unspecified atom stereocenters. The lowest BCUT2D eigenvalue weighted by Gasteiger charge is -2.15. The molecule has 7 rings (SSSR count). The van der Waals surface area contributed by atoms with Crippen molar-refractivity contribution in [2.45, 2.75) is 19.8 Å². The summed E-state index contributed by atoms with van der Waals surface area (Å²) >= 11 is 1.54. The van der Waals surface area contributed by atoms with Gasteiger partial charge in [-0.05, 0) is 95.1 Å². The minimum atomic E-state index is -0.406. The molecule has 0 atom stereocenters. The van der Waals surface area contributed by atoms with Gasteiger partial charge in [0.2, 0.25) is 4.83 Å². The van der Waals surface area contributed by atoms with E-state index in [1.807, 2.05) is 72.8 Å². The van der Waals surface area contributed by atoms with Gasteiger partial charge in [0.25, 0.3) is 5.65 Å². The first-order valence-corrected chi connectivity index (χ1v) is 15.1. The Balaban J connectivity index is 1.61. The van der Waals surface area contributed by atoms with Gasteiger partial charge in [0.05, 0.1) is 30.0 Å². The largest absolute Gasteiger partial charge is 0.859 e. The van der Waals surface area contributed by atoms with Gasteiger partial charge in [-0.25, -0.2) is 0 Å². The number of carbonyl (C=O) groups excluding carboxylic acids is 1. The molecule has 0 saturated carbocycles. The van der Waals surface area contributed by atoms with Gasteiger partial charge in [-0.2, -0.15) is 4.40 Å². The van der Waals surface area contributed by atoms with Crippen LogP contribution in [-0.4, -0.2) is 29.6 Å². The number of para-hydroxylation sites is 1. The summed E-state index contributed by atoms with van der Waals surface area (Å²) in [6, 6.07) is 30.5. The van der Waals surface area contributed by atoms with Crippen molar-refractivity contribution in [1.82, 2.24) is 9.55 Å². The average Bonchev–Trinajstić information content (AvgIpc) is 3.59. The third kappa shape index (κ3) is 4.37. The highest BCUT2D eigenvalue weighted by Gasteiger charge is 2.32. The topological polar surface area (TPSA) is 80.5 Å². The fraction of sp³-hybridized carbons (Fsp3) is 0.139. The van der Waals surface area contributed by atoms with Gasteiger partial charge in [-0.1, -0.05) is 49.4 Å². The lowest BCUT2D eigenvalue weighted by atomic mass is 10.0. The number of ether oxygens (including phenoxy) is 2. The first-order valence-electron chi connectivity index (χ1n) is 14.3. The fourth-order valence-corrected chi connectivity index (χ4v) is 6.83. The molecule has 0 aliphatic carbocycles. The van der Waals surface area contributed by atoms with E-state index in [1.165, 1.54) is 11.3 Å². The maximum absolute atomic E-state index is 14.5. The van der Waals surface area contributed by atoms with Crippen LogP contribution in [0.3, 0.4) is 0 Å². The Labute approximate surface area is 258 Å². The summed E-state index contributed by atoms with van der Waals surface area (Å²) in [6.45, 7) is 4.26. The van der Waals surface area contributed by atoms with Crippen LogP contribution >= 0.6 is 11.3 Å². The van der Waals surface area contributed by atoms with Crippen LogP contribution in [0.1, 0.15) is 41.3 Å². The van der Waals surface area contributed by atoms with Crippen molar-refractivity contribution in [3.63, 3.8) is 0 Å². The number of benzene rings is 4. The number of methoxy groups -OCH3 is 2. The zero-order chi connectivity index (χ0) is 30.5. The zero-order valence-corrected chi connectivity index (χ0v) is 25.5. The van der Waals surface area contributed by atoms with Crippen molar-refractivity contribution >= 4 is 43.2 Å². The molecule has 0 saturated heterocycles. The number of rotatable bonds is 7. The predicted octanol–water partition coefficient (Wildman–Crippen LogP) is 7.09. The van der Waals surface area contributed by atoms with Gasteiger partial charge >= 0.3 is 5.82 Å². The third-order valence-corrected chi connectivity index (χ3v) is 9.15. The molecular weight excluding hydrogens is 570 g/mol. The number of hydrogen-bond acceptors (Lipinski definition) is 6. The molecule has 0 fully saturated rings. The van der Waals surface area contributed by atoms with E-state index < -0.39 is 5.88 Å². The molecule has 8 heteroatoms. The number of fused-ring (bicyclic) bond motifs is 5. The molecule has 3 aromatic heterocycles. The molecule has 0 radical (unpaired) electrons. The molecule has 0 aliphatic rings. The van der Waals surface area contributed by atoms with Crippen LogP contribution in [0.2, 0.25) is 0 Å². The highest BCUT2D eigenvalue weighted by atomic mass is 32.1. The van der Waals surface area contributed by atoms with Crippen LogP contribution < -0.4 is 19.0 Å². The van der Waals surface area contributed by atoms with Crippen molar-refractivity contribution < 1.29 is 23.8 Å². The summed E-state index contributed by atoms with van der Waals surface area (Å²) in [5.41, 5.74) is 4.52. The van der Waals surface area contributed by atoms with E-state index in [9.17, 15) is 9.90 Å². The Morgan fingerprint density at radius 2 is 1.50 bits per heavy atom. The second-order valence-electron chi connectivity index (χ2n) is 10.9. The van der Waals surface area contributed by atoms with Crippen molar-refractivity contribution in [3.05, 3.63) is 114 Å². The molecule has 0 amide bonds. The van der Waals surface area contributed by atoms with Crippen LogP contribution in [0.4, 0.5) is 0 Å². The minimum absolute atomic E-state index is 0.0935. The third-order valence-electron chi connectivity index (χ3n) is 8.00. The highest BCUT2D eigenvalue weighted by Crippen LogP contribution is 2.39. The van der Waals surface area contributed by atoms with E-state index in [2.05, 4.69) is 18.2 Å². The van der Waals surface area contributed by atoms with Crippen LogP contribution in [0.5, 0.6) is 17.4 Å². The lowest BCUT2D eigenvalue weighted by molar-refractivity contribution is -0.467. The second-order valence-corrected chi connectivity index (χ2v) is 11.9. The van der Waals surface area contributed by atoms with Crippen molar-refractivity contribution in [2.24, 2.45) is 0 Å². The minimum Gasteiger partial charge on any atom is -0.859 e. The van der Waals surface area contributed by atoms with Gasteiger partial charge < -0.3 is 14.6 Å². The summed E-state index contributed by atoms with van der Waals surface area (Å²) in [6.07, 6.45) is 0. The normalized spacial score (nSPS) is 11.6. The van der Waals surface area contributed by atoms with E-state index in [0.29, 0.717) is 39.8 Å². The first kappa shape index (κ1) is 27.6. The van der Waals surface area contributed by atoms with E-state index in [-0.39, 0.29) is 11.3 Å². The molecular formula is C36H29N3O4S. The zero-order valence-electron chi connectivity index (χ0n) is 24.7. The summed E-state index contributed by atoms with van der Waals surface area (Å²) < 4.78 is 15.4. The molecule has 44 heavy (non-hydrogen) atoms. The number of aromatic nitrogens is 3. The predicted molar refractivity (Wildman–Crippen MR) is 172 cm³/mol. The molecule has 0 spiro atoms. The van der Waals surface area contributed by atoms with Gasteiger partial charge in [-0.3, -0.25) is 9.36 Å². The molecule has 7 aromatic rings. The van der Waals surface area contributed by atoms with Gasteiger partial charge in [0, 0.05) is 11.3 Å². The average molecular weight is 600 g/mol. The van der Waals surface area contributed by atoms with Crippen LogP contribution in [0.25, 0.3) is 43.2 Å². The van der Waals surface area contributed by atoms with Crippen molar-refractivity contribution in [3.8, 4) is 34.5 Å². The fourth-order valence-electron chi connectivity index (χ4n) is 5.64. The molecule has 0 aliphatic heterocycles. The second kappa shape index (κ2) is 10.8. The van der Waals surface area contributed by atoms with E-state index >= 15 is 0 Å². The Bertz CT molecular complexity index is 2180. The molecule has 218 valence electrons. The van der Waals surface area contributed by atoms with Gasteiger partial charge in [0.15, 0.2) is 11.3 Å². The lowest BCUT2D eigenvalue weighted by Crippen LogP contribution is -2.25. The SMILES string of the molecule is COc1ccc(C(=O)c2c([O-])n(-c3ccc(C(C)C)cc3)c3nc(-c4ccc(OC)cc4)[n+]4c5ccccc5sc4c23)cc1. The first-order chi connectivity index (χ1) is 21.4. The van der Waals surface area contributed by atoms with E-state index in [0.717, 1.165) is 31.9 Å². The molecule has 4 aromatic carbocycles. The standard InChI is InChI=1S/C36H29N3O4S/c1-21(2)22-9-15-25(16-10-22)38-34-31(30(35(38)41)32(40)23-11-17-26(42-3)18-12-23)36-39(28-7-5-6-8-29(28)44-36)33(37-34)24-13-19-27(43-4)20-14-24/h5-21H,1-4H3. The number of nitrogens with zero attached hydrogens (tertiary/aromatic N) is 3. The van der Waals surface area contributed by atoms with Crippen LogP contribution in [0, 0.1) is 0 Å². The summed E-state index contributed by atoms with van der Waals surface area (Å²) in [5.74, 6) is 1.58. The van der Waals surface area contributed by atoms with Crippen molar-refractivity contribution in [2.75, 3.05) is 14.2 Å². The number of hydrogen-bond donors (Lipinski definition) is 0. The maximum atomic E-state index is 14.5. The Morgan fingerprint density at radius 3 is 2.14 bits per heavy atom. The Kier molecular flexibility index (Phi) is 6.78.